The van der Waals surface area contributed by atoms with Crippen LogP contribution < -0.4 is 0 Å². The van der Waals surface area contributed by atoms with Crippen molar-refractivity contribution in [3.05, 3.63) is 41.5 Å². The van der Waals surface area contributed by atoms with Crippen LogP contribution in [-0.4, -0.2) is 15.3 Å². The first-order valence-electron chi connectivity index (χ1n) is 5.32. The molecule has 88 valence electrons. The molecule has 0 aliphatic heterocycles. The average Bonchev–Trinajstić information content (AvgIpc) is 2.29. The molecule has 0 fully saturated rings. The number of phenolic OH excluding ortho intramolecular Hbond substituents is 3. The fourth-order valence-corrected chi connectivity index (χ4v) is 1.77. The number of aryl methyl sites for hydroxylation is 2. The smallest absolute Gasteiger partial charge is 0.169 e. The van der Waals surface area contributed by atoms with Crippen molar-refractivity contribution in [2.45, 2.75) is 13.8 Å². The highest BCUT2D eigenvalue weighted by Crippen LogP contribution is 2.44. The van der Waals surface area contributed by atoms with E-state index in [0.717, 1.165) is 5.56 Å². The monoisotopic (exact) mass is 230 g/mol. The molecule has 0 aliphatic carbocycles. The van der Waals surface area contributed by atoms with Gasteiger partial charge in [-0.1, -0.05) is 29.8 Å². The van der Waals surface area contributed by atoms with Gasteiger partial charge in [0.25, 0.3) is 0 Å². The zero-order valence-electron chi connectivity index (χ0n) is 9.73. The van der Waals surface area contributed by atoms with Crippen LogP contribution in [0.2, 0.25) is 0 Å². The Hall–Kier alpha value is -2.16. The van der Waals surface area contributed by atoms with Gasteiger partial charge in [-0.3, -0.25) is 0 Å². The lowest BCUT2D eigenvalue weighted by Gasteiger charge is -2.11. The predicted molar refractivity (Wildman–Crippen MR) is 66.3 cm³/mol. The van der Waals surface area contributed by atoms with Crippen LogP contribution in [0.5, 0.6) is 17.2 Å². The van der Waals surface area contributed by atoms with E-state index in [1.807, 2.05) is 19.1 Å². The van der Waals surface area contributed by atoms with Gasteiger partial charge in [0.15, 0.2) is 11.5 Å². The molecule has 0 aliphatic rings. The summed E-state index contributed by atoms with van der Waals surface area (Å²) in [6.07, 6.45) is 0. The number of rotatable bonds is 1. The molecule has 2 aromatic rings. The lowest BCUT2D eigenvalue weighted by Crippen LogP contribution is -1.85. The summed E-state index contributed by atoms with van der Waals surface area (Å²) < 4.78 is 0. The molecule has 0 radical (unpaired) electrons. The molecule has 0 aromatic heterocycles. The minimum Gasteiger partial charge on any atom is -0.507 e. The molecule has 0 bridgehead atoms. The number of phenols is 3. The van der Waals surface area contributed by atoms with Gasteiger partial charge in [0, 0.05) is 0 Å². The normalized spacial score (nSPS) is 10.5. The molecule has 2 rings (SSSR count). The third-order valence-corrected chi connectivity index (χ3v) is 2.78. The summed E-state index contributed by atoms with van der Waals surface area (Å²) in [6.45, 7) is 3.63. The maximum absolute atomic E-state index is 9.95. The van der Waals surface area contributed by atoms with E-state index >= 15 is 0 Å². The van der Waals surface area contributed by atoms with Gasteiger partial charge in [0.05, 0.1) is 5.56 Å². The van der Waals surface area contributed by atoms with Crippen LogP contribution in [0.1, 0.15) is 11.1 Å². The summed E-state index contributed by atoms with van der Waals surface area (Å²) in [6, 6.07) is 8.69. The van der Waals surface area contributed by atoms with E-state index in [1.54, 1.807) is 19.1 Å². The molecule has 0 amide bonds. The Morgan fingerprint density at radius 3 is 2.00 bits per heavy atom. The summed E-state index contributed by atoms with van der Waals surface area (Å²) in [7, 11) is 0. The van der Waals surface area contributed by atoms with E-state index in [9.17, 15) is 15.3 Å². The maximum atomic E-state index is 9.95. The molecule has 0 heterocycles. The Balaban J connectivity index is 2.70. The lowest BCUT2D eigenvalue weighted by molar-refractivity contribution is 0.397. The maximum Gasteiger partial charge on any atom is 0.169 e. The molecule has 0 spiro atoms. The highest BCUT2D eigenvalue weighted by Gasteiger charge is 2.16. The largest absolute Gasteiger partial charge is 0.507 e. The summed E-state index contributed by atoms with van der Waals surface area (Å²) in [4.78, 5) is 0. The standard InChI is InChI=1S/C14H14O3/c1-8-3-5-10(6-4-8)12-13(16)9(2)7-11(15)14(12)17/h3-7,15-17H,1-2H3. The molecule has 0 atom stereocenters. The van der Waals surface area contributed by atoms with Crippen molar-refractivity contribution in [1.82, 2.24) is 0 Å². The molecule has 0 saturated heterocycles. The van der Waals surface area contributed by atoms with Gasteiger partial charge in [-0.05, 0) is 31.0 Å². The fraction of sp³-hybridized carbons (Fsp3) is 0.143. The van der Waals surface area contributed by atoms with Crippen molar-refractivity contribution in [3.63, 3.8) is 0 Å². The topological polar surface area (TPSA) is 60.7 Å². The lowest BCUT2D eigenvalue weighted by atomic mass is 9.99. The van der Waals surface area contributed by atoms with Gasteiger partial charge in [0.1, 0.15) is 5.75 Å². The first kappa shape index (κ1) is 11.3. The van der Waals surface area contributed by atoms with Crippen molar-refractivity contribution in [2.24, 2.45) is 0 Å². The van der Waals surface area contributed by atoms with Crippen molar-refractivity contribution in [2.75, 3.05) is 0 Å². The fourth-order valence-electron chi connectivity index (χ4n) is 1.77. The summed E-state index contributed by atoms with van der Waals surface area (Å²) in [5, 5.41) is 29.3. The zero-order valence-corrected chi connectivity index (χ0v) is 9.73. The molecule has 3 nitrogen and oxygen atoms in total. The van der Waals surface area contributed by atoms with Crippen LogP contribution in [0.4, 0.5) is 0 Å². The highest BCUT2D eigenvalue weighted by molar-refractivity contribution is 5.80. The second kappa shape index (κ2) is 4.01. The second-order valence-electron chi connectivity index (χ2n) is 4.15. The van der Waals surface area contributed by atoms with E-state index in [0.29, 0.717) is 11.1 Å². The van der Waals surface area contributed by atoms with Crippen LogP contribution in [0.3, 0.4) is 0 Å². The number of hydrogen-bond donors (Lipinski definition) is 3. The van der Waals surface area contributed by atoms with Crippen LogP contribution in [0.15, 0.2) is 30.3 Å². The van der Waals surface area contributed by atoms with Crippen LogP contribution in [0, 0.1) is 13.8 Å². The average molecular weight is 230 g/mol. The summed E-state index contributed by atoms with van der Waals surface area (Å²) >= 11 is 0. The van der Waals surface area contributed by atoms with Gasteiger partial charge in [0.2, 0.25) is 0 Å². The molecule has 0 saturated carbocycles. The van der Waals surface area contributed by atoms with Gasteiger partial charge in [-0.25, -0.2) is 0 Å². The first-order chi connectivity index (χ1) is 8.00. The van der Waals surface area contributed by atoms with E-state index in [2.05, 4.69) is 0 Å². The molecule has 3 heteroatoms. The first-order valence-corrected chi connectivity index (χ1v) is 5.32. The Bertz CT molecular complexity index is 530. The minimum absolute atomic E-state index is 0.0100. The Labute approximate surface area is 99.6 Å². The predicted octanol–water partition coefficient (Wildman–Crippen LogP) is 3.09. The van der Waals surface area contributed by atoms with E-state index in [4.69, 9.17) is 0 Å². The number of hydrogen-bond acceptors (Lipinski definition) is 3. The van der Waals surface area contributed by atoms with Crippen molar-refractivity contribution in [3.8, 4) is 28.4 Å². The van der Waals surface area contributed by atoms with Gasteiger partial charge < -0.3 is 15.3 Å². The quantitative estimate of drug-likeness (QED) is 0.521. The van der Waals surface area contributed by atoms with Crippen molar-refractivity contribution < 1.29 is 15.3 Å². The second-order valence-corrected chi connectivity index (χ2v) is 4.15. The van der Waals surface area contributed by atoms with Gasteiger partial charge in [-0.15, -0.1) is 0 Å². The molecule has 0 unspecified atom stereocenters. The van der Waals surface area contributed by atoms with Crippen molar-refractivity contribution in [1.29, 1.82) is 0 Å². The van der Waals surface area contributed by atoms with Crippen LogP contribution >= 0.6 is 0 Å². The van der Waals surface area contributed by atoms with E-state index in [-0.39, 0.29) is 22.8 Å². The highest BCUT2D eigenvalue weighted by atomic mass is 16.3. The van der Waals surface area contributed by atoms with E-state index in [1.165, 1.54) is 6.07 Å². The molecular weight excluding hydrogens is 216 g/mol. The molecule has 2 aromatic carbocycles. The third-order valence-electron chi connectivity index (χ3n) is 2.78. The Morgan fingerprint density at radius 2 is 1.41 bits per heavy atom. The van der Waals surface area contributed by atoms with Gasteiger partial charge in [-0.2, -0.15) is 0 Å². The number of aromatic hydroxyl groups is 3. The summed E-state index contributed by atoms with van der Waals surface area (Å²) in [5.74, 6) is -0.531. The van der Waals surface area contributed by atoms with E-state index < -0.39 is 0 Å². The SMILES string of the molecule is Cc1ccc(-c2c(O)c(C)cc(O)c2O)cc1. The third kappa shape index (κ3) is 1.91. The van der Waals surface area contributed by atoms with Crippen LogP contribution in [0.25, 0.3) is 11.1 Å². The molecular formula is C14H14O3. The Morgan fingerprint density at radius 1 is 0.824 bits per heavy atom. The zero-order chi connectivity index (χ0) is 12.6. The van der Waals surface area contributed by atoms with Crippen molar-refractivity contribution >= 4 is 0 Å². The molecule has 17 heavy (non-hydrogen) atoms. The molecule has 3 N–H and O–H groups in total. The number of benzene rings is 2. The minimum atomic E-state index is -0.294. The van der Waals surface area contributed by atoms with Crippen LogP contribution in [-0.2, 0) is 0 Å². The Kier molecular flexibility index (Phi) is 2.68. The van der Waals surface area contributed by atoms with Gasteiger partial charge >= 0.3 is 0 Å². The summed E-state index contributed by atoms with van der Waals surface area (Å²) in [5.41, 5.74) is 2.55.